The fourth-order valence-corrected chi connectivity index (χ4v) is 1.86. The van der Waals surface area contributed by atoms with Crippen LogP contribution in [0, 0.1) is 17.1 Å². The number of carbonyl (C=O) groups excluding carboxylic acids is 1. The van der Waals surface area contributed by atoms with Gasteiger partial charge in [-0.3, -0.25) is 9.69 Å². The van der Waals surface area contributed by atoms with E-state index in [-0.39, 0.29) is 18.3 Å². The quantitative estimate of drug-likeness (QED) is 0.872. The molecule has 1 aliphatic rings. The number of nitriles is 1. The Morgan fingerprint density at radius 3 is 2.95 bits per heavy atom. The van der Waals surface area contributed by atoms with Crippen LogP contribution in [0.1, 0.15) is 24.0 Å². The van der Waals surface area contributed by atoms with Gasteiger partial charge in [0.2, 0.25) is 5.91 Å². The molecule has 2 rings (SSSR count). The maximum atomic E-state index is 13.6. The highest BCUT2D eigenvalue weighted by Crippen LogP contribution is 2.18. The van der Waals surface area contributed by atoms with Crippen LogP contribution >= 0.6 is 0 Å². The first-order chi connectivity index (χ1) is 9.08. The second kappa shape index (κ2) is 5.81. The van der Waals surface area contributed by atoms with E-state index in [4.69, 9.17) is 5.26 Å². The summed E-state index contributed by atoms with van der Waals surface area (Å²) >= 11 is 0. The molecule has 0 spiro atoms. The van der Waals surface area contributed by atoms with Gasteiger partial charge in [-0.05, 0) is 38.1 Å². The number of hydrogen-bond acceptors (Lipinski definition) is 3. The van der Waals surface area contributed by atoms with Crippen LogP contribution in [0.4, 0.5) is 4.39 Å². The molecule has 1 fully saturated rings. The minimum absolute atomic E-state index is 0.0400. The van der Waals surface area contributed by atoms with Crippen molar-refractivity contribution in [2.24, 2.45) is 0 Å². The first-order valence-corrected chi connectivity index (χ1v) is 6.25. The van der Waals surface area contributed by atoms with Crippen molar-refractivity contribution in [3.63, 3.8) is 0 Å². The largest absolute Gasteiger partial charge is 0.352 e. The van der Waals surface area contributed by atoms with Crippen LogP contribution in [0.5, 0.6) is 0 Å². The van der Waals surface area contributed by atoms with E-state index in [1.807, 2.05) is 6.07 Å². The number of nitrogens with zero attached hydrogens (tertiary/aromatic N) is 2. The van der Waals surface area contributed by atoms with Gasteiger partial charge in [0, 0.05) is 18.2 Å². The monoisotopic (exact) mass is 261 g/mol. The lowest BCUT2D eigenvalue weighted by molar-refractivity contribution is -0.122. The van der Waals surface area contributed by atoms with Crippen molar-refractivity contribution in [1.29, 1.82) is 5.26 Å². The first-order valence-electron chi connectivity index (χ1n) is 6.25. The van der Waals surface area contributed by atoms with E-state index in [0.717, 1.165) is 12.8 Å². The number of hydrogen-bond donors (Lipinski definition) is 1. The van der Waals surface area contributed by atoms with Crippen molar-refractivity contribution in [3.05, 3.63) is 35.1 Å². The number of halogens is 1. The topological polar surface area (TPSA) is 56.1 Å². The molecule has 1 N–H and O–H groups in total. The molecular weight excluding hydrogens is 245 g/mol. The summed E-state index contributed by atoms with van der Waals surface area (Å²) in [5.74, 6) is -0.393. The molecule has 0 atom stereocenters. The maximum Gasteiger partial charge on any atom is 0.234 e. The zero-order chi connectivity index (χ0) is 13.8. The molecule has 19 heavy (non-hydrogen) atoms. The molecule has 0 saturated heterocycles. The molecule has 0 aromatic heterocycles. The van der Waals surface area contributed by atoms with Crippen molar-refractivity contribution < 1.29 is 9.18 Å². The lowest BCUT2D eigenvalue weighted by atomic mass is 10.1. The van der Waals surface area contributed by atoms with Crippen LogP contribution in [0.25, 0.3) is 0 Å². The van der Waals surface area contributed by atoms with E-state index in [1.54, 1.807) is 11.9 Å². The molecule has 0 radical (unpaired) electrons. The summed E-state index contributed by atoms with van der Waals surface area (Å²) in [5, 5.41) is 11.7. The Bertz CT molecular complexity index is 520. The van der Waals surface area contributed by atoms with Gasteiger partial charge in [0.1, 0.15) is 5.82 Å². The molecule has 100 valence electrons. The average molecular weight is 261 g/mol. The van der Waals surface area contributed by atoms with Gasteiger partial charge in [-0.1, -0.05) is 0 Å². The van der Waals surface area contributed by atoms with Gasteiger partial charge in [0.05, 0.1) is 18.2 Å². The molecular formula is C14H16FN3O. The Hall–Kier alpha value is -1.93. The summed E-state index contributed by atoms with van der Waals surface area (Å²) in [4.78, 5) is 13.3. The molecule has 5 heteroatoms. The summed E-state index contributed by atoms with van der Waals surface area (Å²) in [6, 6.07) is 6.56. The Morgan fingerprint density at radius 2 is 2.32 bits per heavy atom. The maximum absolute atomic E-state index is 13.6. The van der Waals surface area contributed by atoms with Crippen LogP contribution < -0.4 is 5.32 Å². The highest BCUT2D eigenvalue weighted by molar-refractivity contribution is 5.78. The fourth-order valence-electron chi connectivity index (χ4n) is 1.86. The molecule has 1 aliphatic carbocycles. The molecule has 0 heterocycles. The summed E-state index contributed by atoms with van der Waals surface area (Å²) in [6.45, 7) is 0.534. The molecule has 0 aliphatic heterocycles. The van der Waals surface area contributed by atoms with Crippen LogP contribution in [-0.2, 0) is 11.3 Å². The van der Waals surface area contributed by atoms with Gasteiger partial charge in [0.25, 0.3) is 0 Å². The van der Waals surface area contributed by atoms with E-state index in [9.17, 15) is 9.18 Å². The van der Waals surface area contributed by atoms with Gasteiger partial charge < -0.3 is 5.32 Å². The van der Waals surface area contributed by atoms with E-state index < -0.39 is 0 Å². The molecule has 0 unspecified atom stereocenters. The normalized spacial score (nSPS) is 14.2. The third kappa shape index (κ3) is 4.04. The molecule has 1 aromatic rings. The third-order valence-electron chi connectivity index (χ3n) is 2.97. The predicted octanol–water partition coefficient (Wildman–Crippen LogP) is 1.41. The van der Waals surface area contributed by atoms with Gasteiger partial charge in [0.15, 0.2) is 0 Å². The van der Waals surface area contributed by atoms with Crippen molar-refractivity contribution in [2.75, 3.05) is 13.6 Å². The zero-order valence-electron chi connectivity index (χ0n) is 10.8. The molecule has 1 saturated carbocycles. The highest BCUT2D eigenvalue weighted by Gasteiger charge is 2.23. The smallest absolute Gasteiger partial charge is 0.234 e. The predicted molar refractivity (Wildman–Crippen MR) is 68.6 cm³/mol. The van der Waals surface area contributed by atoms with E-state index in [0.29, 0.717) is 23.7 Å². The Balaban J connectivity index is 1.92. The highest BCUT2D eigenvalue weighted by atomic mass is 19.1. The fraction of sp³-hybridized carbons (Fsp3) is 0.429. The summed E-state index contributed by atoms with van der Waals surface area (Å²) < 4.78 is 13.6. The van der Waals surface area contributed by atoms with E-state index in [1.165, 1.54) is 18.2 Å². The van der Waals surface area contributed by atoms with Gasteiger partial charge in [-0.25, -0.2) is 4.39 Å². The number of likely N-dealkylation sites (N-methyl/N-ethyl adjacent to an activating group) is 1. The third-order valence-corrected chi connectivity index (χ3v) is 2.97. The van der Waals surface area contributed by atoms with Crippen LogP contribution in [0.15, 0.2) is 18.2 Å². The van der Waals surface area contributed by atoms with Gasteiger partial charge >= 0.3 is 0 Å². The molecule has 1 amide bonds. The lowest BCUT2D eigenvalue weighted by Crippen LogP contribution is -2.36. The van der Waals surface area contributed by atoms with E-state index in [2.05, 4.69) is 5.32 Å². The summed E-state index contributed by atoms with van der Waals surface area (Å²) in [7, 11) is 1.75. The SMILES string of the molecule is CN(CC(=O)NC1CC1)Cc1cc(C#N)ccc1F. The standard InChI is InChI=1S/C14H16FN3O/c1-18(9-14(19)17-12-3-4-12)8-11-6-10(7-16)2-5-13(11)15/h2,5-6,12H,3-4,8-9H2,1H3,(H,17,19). The summed E-state index contributed by atoms with van der Waals surface area (Å²) in [5.41, 5.74) is 0.855. The lowest BCUT2D eigenvalue weighted by Gasteiger charge is -2.16. The van der Waals surface area contributed by atoms with Crippen LogP contribution in [0.3, 0.4) is 0 Å². The van der Waals surface area contributed by atoms with Crippen LogP contribution in [-0.4, -0.2) is 30.4 Å². The number of carbonyl (C=O) groups is 1. The second-order valence-electron chi connectivity index (χ2n) is 4.93. The zero-order valence-corrected chi connectivity index (χ0v) is 10.8. The molecule has 4 nitrogen and oxygen atoms in total. The molecule has 0 bridgehead atoms. The molecule has 1 aromatic carbocycles. The average Bonchev–Trinajstić information content (AvgIpc) is 3.15. The van der Waals surface area contributed by atoms with Crippen molar-refractivity contribution in [3.8, 4) is 6.07 Å². The van der Waals surface area contributed by atoms with Crippen LogP contribution in [0.2, 0.25) is 0 Å². The minimum Gasteiger partial charge on any atom is -0.352 e. The second-order valence-corrected chi connectivity index (χ2v) is 4.93. The number of benzene rings is 1. The van der Waals surface area contributed by atoms with E-state index >= 15 is 0 Å². The Morgan fingerprint density at radius 1 is 1.58 bits per heavy atom. The van der Waals surface area contributed by atoms with Crippen molar-refractivity contribution in [1.82, 2.24) is 10.2 Å². The number of nitrogens with one attached hydrogen (secondary N) is 1. The Labute approximate surface area is 111 Å². The number of amides is 1. The van der Waals surface area contributed by atoms with Gasteiger partial charge in [-0.15, -0.1) is 0 Å². The van der Waals surface area contributed by atoms with Crippen molar-refractivity contribution in [2.45, 2.75) is 25.4 Å². The summed E-state index contributed by atoms with van der Waals surface area (Å²) in [6.07, 6.45) is 2.10. The first kappa shape index (κ1) is 13.5. The van der Waals surface area contributed by atoms with Gasteiger partial charge in [-0.2, -0.15) is 5.26 Å². The Kier molecular flexibility index (Phi) is 4.13. The minimum atomic E-state index is -0.353. The number of rotatable bonds is 5. The van der Waals surface area contributed by atoms with Crippen molar-refractivity contribution >= 4 is 5.91 Å².